The molecule has 148 valence electrons. The highest BCUT2D eigenvalue weighted by Crippen LogP contribution is 2.35. The molecule has 0 saturated heterocycles. The van der Waals surface area contributed by atoms with Crippen molar-refractivity contribution in [1.82, 2.24) is 15.2 Å². The van der Waals surface area contributed by atoms with Gasteiger partial charge in [0.25, 0.3) is 0 Å². The van der Waals surface area contributed by atoms with Gasteiger partial charge in [-0.3, -0.25) is 4.79 Å². The molecule has 0 saturated carbocycles. The van der Waals surface area contributed by atoms with Crippen LogP contribution >= 0.6 is 23.1 Å². The number of nitrogens with zero attached hydrogens (tertiary/aromatic N) is 3. The zero-order chi connectivity index (χ0) is 20.4. The molecule has 8 nitrogen and oxygen atoms in total. The Morgan fingerprint density at radius 1 is 1.14 bits per heavy atom. The van der Waals surface area contributed by atoms with E-state index in [4.69, 9.17) is 14.6 Å². The molecule has 0 aromatic carbocycles. The monoisotopic (exact) mass is 427 g/mol. The first-order valence-electron chi connectivity index (χ1n) is 8.63. The second kappa shape index (κ2) is 8.10. The van der Waals surface area contributed by atoms with Crippen LogP contribution in [0.3, 0.4) is 0 Å². The average molecular weight is 428 g/mol. The van der Waals surface area contributed by atoms with Crippen molar-refractivity contribution in [3.8, 4) is 22.9 Å². The number of hydrogen-bond donors (Lipinski definition) is 2. The minimum atomic E-state index is -0.193. The van der Waals surface area contributed by atoms with Crippen LogP contribution in [0.4, 0.5) is 10.7 Å². The molecule has 0 aliphatic heterocycles. The van der Waals surface area contributed by atoms with Gasteiger partial charge in [0.15, 0.2) is 17.2 Å². The van der Waals surface area contributed by atoms with E-state index in [9.17, 15) is 4.79 Å². The number of carbonyl (C=O) groups excluding carboxylic acids is 1. The van der Waals surface area contributed by atoms with E-state index >= 15 is 0 Å². The number of furan rings is 2. The van der Waals surface area contributed by atoms with Crippen LogP contribution in [0.15, 0.2) is 50.8 Å². The number of nitrogen functional groups attached to an aromatic ring is 1. The number of aryl methyl sites for hydroxylation is 1. The first kappa shape index (κ1) is 19.2. The van der Waals surface area contributed by atoms with Crippen LogP contribution in [0, 0.1) is 13.8 Å². The summed E-state index contributed by atoms with van der Waals surface area (Å²) in [7, 11) is 0. The molecule has 10 heteroatoms. The Balaban J connectivity index is 1.51. The van der Waals surface area contributed by atoms with E-state index in [-0.39, 0.29) is 11.7 Å². The summed E-state index contributed by atoms with van der Waals surface area (Å²) in [6.07, 6.45) is 3.11. The van der Waals surface area contributed by atoms with Gasteiger partial charge in [0.05, 0.1) is 24.0 Å². The highest BCUT2D eigenvalue weighted by atomic mass is 32.2. The normalized spacial score (nSPS) is 11.0. The molecule has 1 amide bonds. The predicted molar refractivity (Wildman–Crippen MR) is 113 cm³/mol. The van der Waals surface area contributed by atoms with Gasteiger partial charge in [-0.15, -0.1) is 21.5 Å². The van der Waals surface area contributed by atoms with Crippen molar-refractivity contribution >= 4 is 39.7 Å². The van der Waals surface area contributed by atoms with Crippen LogP contribution in [0.2, 0.25) is 0 Å². The number of anilines is 2. The van der Waals surface area contributed by atoms with Gasteiger partial charge in [-0.05, 0) is 43.7 Å². The Morgan fingerprint density at radius 3 is 2.41 bits per heavy atom. The SMILES string of the molecule is Cc1sc(NC(=O)CSc2nnc(-c3ccco3)c(-c3ccco3)n2)c(N)c1C. The number of thiophene rings is 1. The van der Waals surface area contributed by atoms with Crippen molar-refractivity contribution in [3.63, 3.8) is 0 Å². The molecule has 0 aliphatic carbocycles. The van der Waals surface area contributed by atoms with Gasteiger partial charge in [0.2, 0.25) is 11.1 Å². The number of nitrogens with one attached hydrogen (secondary N) is 1. The summed E-state index contributed by atoms with van der Waals surface area (Å²) in [5.74, 6) is 0.996. The Morgan fingerprint density at radius 2 is 1.83 bits per heavy atom. The summed E-state index contributed by atoms with van der Waals surface area (Å²) in [5, 5.41) is 12.2. The summed E-state index contributed by atoms with van der Waals surface area (Å²) < 4.78 is 10.9. The fraction of sp³-hybridized carbons (Fsp3) is 0.158. The highest BCUT2D eigenvalue weighted by molar-refractivity contribution is 7.99. The van der Waals surface area contributed by atoms with Gasteiger partial charge in [-0.2, -0.15) is 0 Å². The van der Waals surface area contributed by atoms with Crippen molar-refractivity contribution in [2.24, 2.45) is 0 Å². The number of carbonyl (C=O) groups is 1. The average Bonchev–Trinajstić information content (AvgIpc) is 3.47. The zero-order valence-electron chi connectivity index (χ0n) is 15.6. The minimum Gasteiger partial charge on any atom is -0.463 e. The van der Waals surface area contributed by atoms with Crippen LogP contribution in [0.25, 0.3) is 22.9 Å². The molecule has 0 fully saturated rings. The molecule has 0 radical (unpaired) electrons. The second-order valence-electron chi connectivity index (χ2n) is 6.11. The lowest BCUT2D eigenvalue weighted by atomic mass is 10.2. The van der Waals surface area contributed by atoms with Crippen molar-refractivity contribution < 1.29 is 13.6 Å². The van der Waals surface area contributed by atoms with Crippen molar-refractivity contribution in [3.05, 3.63) is 47.2 Å². The Labute approximate surface area is 174 Å². The third-order valence-electron chi connectivity index (χ3n) is 4.19. The largest absolute Gasteiger partial charge is 0.463 e. The standard InChI is InChI=1S/C19H17N5O3S2/c1-10-11(2)29-18(15(10)20)21-14(25)9-28-19-22-16(12-5-3-7-26-12)17(23-24-19)13-6-4-8-27-13/h3-8H,9,20H2,1-2H3,(H,21,25). The molecule has 0 aliphatic rings. The van der Waals surface area contributed by atoms with E-state index < -0.39 is 0 Å². The summed E-state index contributed by atoms with van der Waals surface area (Å²) >= 11 is 2.64. The van der Waals surface area contributed by atoms with Crippen molar-refractivity contribution in [1.29, 1.82) is 0 Å². The lowest BCUT2D eigenvalue weighted by molar-refractivity contribution is -0.113. The first-order chi connectivity index (χ1) is 14.0. The van der Waals surface area contributed by atoms with Gasteiger partial charge >= 0.3 is 0 Å². The maximum absolute atomic E-state index is 12.3. The minimum absolute atomic E-state index is 0.120. The zero-order valence-corrected chi connectivity index (χ0v) is 17.3. The molecule has 0 atom stereocenters. The molecular weight excluding hydrogens is 410 g/mol. The molecule has 3 N–H and O–H groups in total. The van der Waals surface area contributed by atoms with E-state index in [0.29, 0.717) is 38.8 Å². The Kier molecular flexibility index (Phi) is 5.36. The number of amides is 1. The number of hydrogen-bond acceptors (Lipinski definition) is 9. The molecular formula is C19H17N5O3S2. The molecule has 4 aromatic heterocycles. The highest BCUT2D eigenvalue weighted by Gasteiger charge is 2.19. The number of thioether (sulfide) groups is 1. The fourth-order valence-electron chi connectivity index (χ4n) is 2.57. The van der Waals surface area contributed by atoms with Crippen LogP contribution in [-0.4, -0.2) is 26.8 Å². The summed E-state index contributed by atoms with van der Waals surface area (Å²) in [6, 6.07) is 7.07. The van der Waals surface area contributed by atoms with Gasteiger partial charge in [0, 0.05) is 4.88 Å². The van der Waals surface area contributed by atoms with Gasteiger partial charge < -0.3 is 19.9 Å². The Hall–Kier alpha value is -3.11. The smallest absolute Gasteiger partial charge is 0.235 e. The van der Waals surface area contributed by atoms with E-state index in [2.05, 4.69) is 20.5 Å². The molecule has 4 heterocycles. The van der Waals surface area contributed by atoms with E-state index in [1.165, 1.54) is 23.1 Å². The number of nitrogens with two attached hydrogens (primary N) is 1. The van der Waals surface area contributed by atoms with Crippen molar-refractivity contribution in [2.45, 2.75) is 19.0 Å². The summed E-state index contributed by atoms with van der Waals surface area (Å²) in [4.78, 5) is 17.9. The molecule has 0 bridgehead atoms. The molecule has 29 heavy (non-hydrogen) atoms. The van der Waals surface area contributed by atoms with Crippen molar-refractivity contribution in [2.75, 3.05) is 16.8 Å². The predicted octanol–water partition coefficient (Wildman–Crippen LogP) is 4.38. The third kappa shape index (κ3) is 4.03. The number of aromatic nitrogens is 3. The third-order valence-corrected chi connectivity index (χ3v) is 6.17. The maximum Gasteiger partial charge on any atom is 0.235 e. The van der Waals surface area contributed by atoms with Crippen LogP contribution in [0.5, 0.6) is 0 Å². The van der Waals surface area contributed by atoms with E-state index in [1.807, 2.05) is 13.8 Å². The second-order valence-corrected chi connectivity index (χ2v) is 8.28. The fourth-order valence-corrected chi connectivity index (χ4v) is 4.15. The molecule has 4 aromatic rings. The molecule has 0 spiro atoms. The van der Waals surface area contributed by atoms with Gasteiger partial charge in [0.1, 0.15) is 10.7 Å². The summed E-state index contributed by atoms with van der Waals surface area (Å²) in [6.45, 7) is 3.90. The first-order valence-corrected chi connectivity index (χ1v) is 10.4. The molecule has 4 rings (SSSR count). The summed E-state index contributed by atoms with van der Waals surface area (Å²) in [5.41, 5.74) is 8.59. The van der Waals surface area contributed by atoms with Crippen LogP contribution in [0.1, 0.15) is 10.4 Å². The quantitative estimate of drug-likeness (QED) is 0.435. The topological polar surface area (TPSA) is 120 Å². The molecule has 0 unspecified atom stereocenters. The van der Waals surface area contributed by atoms with Crippen LogP contribution in [-0.2, 0) is 4.79 Å². The van der Waals surface area contributed by atoms with Gasteiger partial charge in [-0.25, -0.2) is 4.98 Å². The van der Waals surface area contributed by atoms with E-state index in [1.54, 1.807) is 36.8 Å². The van der Waals surface area contributed by atoms with Gasteiger partial charge in [-0.1, -0.05) is 11.8 Å². The lowest BCUT2D eigenvalue weighted by Gasteiger charge is -2.06. The number of rotatable bonds is 6. The maximum atomic E-state index is 12.3. The van der Waals surface area contributed by atoms with Crippen LogP contribution < -0.4 is 11.1 Å². The lowest BCUT2D eigenvalue weighted by Crippen LogP contribution is -2.14. The Bertz CT molecular complexity index is 1140. The van der Waals surface area contributed by atoms with E-state index in [0.717, 1.165) is 10.4 Å².